The molecule has 0 atom stereocenters. The summed E-state index contributed by atoms with van der Waals surface area (Å²) in [5.74, 6) is 0. The lowest BCUT2D eigenvalue weighted by molar-refractivity contribution is 1.17. The first-order valence-corrected chi connectivity index (χ1v) is 4.11. The minimum Gasteiger partial charge on any atom is -0.262 e. The Kier molecular flexibility index (Phi) is 2.19. The van der Waals surface area contributed by atoms with Gasteiger partial charge in [-0.3, -0.25) is 4.98 Å². The van der Waals surface area contributed by atoms with Crippen LogP contribution in [0.15, 0.2) is 37.1 Å². The minimum absolute atomic E-state index is 0.608. The van der Waals surface area contributed by atoms with Gasteiger partial charge in [0.05, 0.1) is 10.7 Å². The third-order valence-corrected chi connectivity index (χ3v) is 1.79. The zero-order valence-corrected chi connectivity index (χ0v) is 7.44. The molecule has 0 N–H and O–H groups in total. The van der Waals surface area contributed by atoms with Crippen LogP contribution in [0.1, 0.15) is 0 Å². The van der Waals surface area contributed by atoms with Crippen molar-refractivity contribution in [3.63, 3.8) is 0 Å². The van der Waals surface area contributed by atoms with Crippen LogP contribution in [0.25, 0.3) is 11.3 Å². The number of pyridine rings is 1. The Morgan fingerprint density at radius 1 is 1.15 bits per heavy atom. The lowest BCUT2D eigenvalue weighted by atomic mass is 10.2. The first kappa shape index (κ1) is 8.13. The number of hydrogen-bond acceptors (Lipinski definition) is 3. The SMILES string of the molecule is Clc1cncc(-c2ccncn2)c1. The summed E-state index contributed by atoms with van der Waals surface area (Å²) >= 11 is 5.79. The molecule has 0 bridgehead atoms. The molecule has 0 aliphatic carbocycles. The lowest BCUT2D eigenvalue weighted by Gasteiger charge is -1.98. The second kappa shape index (κ2) is 3.49. The molecule has 2 aromatic heterocycles. The minimum atomic E-state index is 0.608. The Hall–Kier alpha value is -1.48. The van der Waals surface area contributed by atoms with E-state index in [-0.39, 0.29) is 0 Å². The van der Waals surface area contributed by atoms with Crippen molar-refractivity contribution >= 4 is 11.6 Å². The van der Waals surface area contributed by atoms with Crippen LogP contribution in [0.4, 0.5) is 0 Å². The second-order valence-electron chi connectivity index (χ2n) is 2.49. The summed E-state index contributed by atoms with van der Waals surface area (Å²) in [5.41, 5.74) is 1.72. The van der Waals surface area contributed by atoms with E-state index in [1.165, 1.54) is 6.33 Å². The average Bonchev–Trinajstić information content (AvgIpc) is 2.19. The summed E-state index contributed by atoms with van der Waals surface area (Å²) in [6.07, 6.45) is 6.49. The van der Waals surface area contributed by atoms with Crippen LogP contribution in [-0.4, -0.2) is 15.0 Å². The van der Waals surface area contributed by atoms with Gasteiger partial charge >= 0.3 is 0 Å². The highest BCUT2D eigenvalue weighted by Gasteiger charge is 1.98. The van der Waals surface area contributed by atoms with Gasteiger partial charge in [0.15, 0.2) is 0 Å². The van der Waals surface area contributed by atoms with Crippen LogP contribution in [-0.2, 0) is 0 Å². The van der Waals surface area contributed by atoms with Crippen molar-refractivity contribution in [2.75, 3.05) is 0 Å². The summed E-state index contributed by atoms with van der Waals surface area (Å²) in [6.45, 7) is 0. The van der Waals surface area contributed by atoms with Crippen LogP contribution in [0.2, 0.25) is 5.02 Å². The fourth-order valence-corrected chi connectivity index (χ4v) is 1.19. The van der Waals surface area contributed by atoms with Crippen LogP contribution in [0.5, 0.6) is 0 Å². The molecule has 0 amide bonds. The van der Waals surface area contributed by atoms with Gasteiger partial charge in [-0.25, -0.2) is 9.97 Å². The zero-order valence-electron chi connectivity index (χ0n) is 6.68. The Balaban J connectivity index is 2.48. The normalized spacial score (nSPS) is 9.92. The third-order valence-electron chi connectivity index (χ3n) is 1.58. The summed E-state index contributed by atoms with van der Waals surface area (Å²) in [6, 6.07) is 3.63. The quantitative estimate of drug-likeness (QED) is 0.694. The molecule has 0 spiro atoms. The first-order valence-electron chi connectivity index (χ1n) is 3.73. The molecule has 0 fully saturated rings. The van der Waals surface area contributed by atoms with Gasteiger partial charge in [0, 0.05) is 24.2 Å². The monoisotopic (exact) mass is 191 g/mol. The van der Waals surface area contributed by atoms with E-state index in [9.17, 15) is 0 Å². The topological polar surface area (TPSA) is 38.7 Å². The second-order valence-corrected chi connectivity index (χ2v) is 2.92. The fraction of sp³-hybridized carbons (Fsp3) is 0. The maximum Gasteiger partial charge on any atom is 0.116 e. The Labute approximate surface area is 80.5 Å². The molecule has 0 aromatic carbocycles. The third kappa shape index (κ3) is 1.81. The van der Waals surface area contributed by atoms with Crippen molar-refractivity contribution in [3.05, 3.63) is 42.1 Å². The van der Waals surface area contributed by atoms with E-state index in [0.29, 0.717) is 5.02 Å². The van der Waals surface area contributed by atoms with Gasteiger partial charge in [0.1, 0.15) is 6.33 Å². The van der Waals surface area contributed by atoms with E-state index < -0.39 is 0 Å². The molecular formula is C9H6ClN3. The first-order chi connectivity index (χ1) is 6.36. The van der Waals surface area contributed by atoms with E-state index in [4.69, 9.17) is 11.6 Å². The molecule has 0 saturated heterocycles. The number of halogens is 1. The van der Waals surface area contributed by atoms with E-state index in [2.05, 4.69) is 15.0 Å². The van der Waals surface area contributed by atoms with Crippen molar-refractivity contribution in [1.82, 2.24) is 15.0 Å². The maximum absolute atomic E-state index is 5.79. The van der Waals surface area contributed by atoms with Crippen molar-refractivity contribution < 1.29 is 0 Å². The van der Waals surface area contributed by atoms with Gasteiger partial charge in [-0.1, -0.05) is 11.6 Å². The highest BCUT2D eigenvalue weighted by atomic mass is 35.5. The molecule has 64 valence electrons. The van der Waals surface area contributed by atoms with Gasteiger partial charge in [0.2, 0.25) is 0 Å². The summed E-state index contributed by atoms with van der Waals surface area (Å²) in [4.78, 5) is 11.9. The largest absolute Gasteiger partial charge is 0.262 e. The van der Waals surface area contributed by atoms with E-state index in [0.717, 1.165) is 11.3 Å². The molecular weight excluding hydrogens is 186 g/mol. The van der Waals surface area contributed by atoms with Crippen molar-refractivity contribution in [1.29, 1.82) is 0 Å². The van der Waals surface area contributed by atoms with E-state index in [1.807, 2.05) is 12.1 Å². The van der Waals surface area contributed by atoms with Crippen LogP contribution in [0.3, 0.4) is 0 Å². The highest BCUT2D eigenvalue weighted by molar-refractivity contribution is 6.30. The van der Waals surface area contributed by atoms with Crippen LogP contribution < -0.4 is 0 Å². The molecule has 0 aliphatic rings. The van der Waals surface area contributed by atoms with Gasteiger partial charge < -0.3 is 0 Å². The average molecular weight is 192 g/mol. The van der Waals surface area contributed by atoms with Crippen molar-refractivity contribution in [3.8, 4) is 11.3 Å². The highest BCUT2D eigenvalue weighted by Crippen LogP contribution is 2.17. The fourth-order valence-electron chi connectivity index (χ4n) is 1.01. The van der Waals surface area contributed by atoms with Gasteiger partial charge in [-0.15, -0.1) is 0 Å². The Bertz CT molecular complexity index is 403. The number of nitrogens with zero attached hydrogens (tertiary/aromatic N) is 3. The molecule has 4 heteroatoms. The Morgan fingerprint density at radius 2 is 2.08 bits per heavy atom. The van der Waals surface area contributed by atoms with Crippen LogP contribution in [0, 0.1) is 0 Å². The van der Waals surface area contributed by atoms with Gasteiger partial charge in [-0.05, 0) is 12.1 Å². The van der Waals surface area contributed by atoms with Gasteiger partial charge in [0.25, 0.3) is 0 Å². The molecule has 0 unspecified atom stereocenters. The number of aromatic nitrogens is 3. The van der Waals surface area contributed by atoms with Crippen molar-refractivity contribution in [2.45, 2.75) is 0 Å². The van der Waals surface area contributed by atoms with E-state index in [1.54, 1.807) is 18.6 Å². The lowest BCUT2D eigenvalue weighted by Crippen LogP contribution is -1.84. The predicted octanol–water partition coefficient (Wildman–Crippen LogP) is 2.19. The summed E-state index contributed by atoms with van der Waals surface area (Å²) in [7, 11) is 0. The molecule has 13 heavy (non-hydrogen) atoms. The molecule has 2 heterocycles. The standard InChI is InChI=1S/C9H6ClN3/c10-8-3-7(4-12-5-8)9-1-2-11-6-13-9/h1-6H. The smallest absolute Gasteiger partial charge is 0.116 e. The molecule has 2 aromatic rings. The Morgan fingerprint density at radius 3 is 2.77 bits per heavy atom. The number of rotatable bonds is 1. The zero-order chi connectivity index (χ0) is 9.10. The predicted molar refractivity (Wildman–Crippen MR) is 50.3 cm³/mol. The molecule has 3 nitrogen and oxygen atoms in total. The maximum atomic E-state index is 5.79. The summed E-state index contributed by atoms with van der Waals surface area (Å²) < 4.78 is 0. The summed E-state index contributed by atoms with van der Waals surface area (Å²) in [5, 5.41) is 0.608. The molecule has 0 saturated carbocycles. The molecule has 2 rings (SSSR count). The molecule has 0 radical (unpaired) electrons. The van der Waals surface area contributed by atoms with E-state index >= 15 is 0 Å². The molecule has 0 aliphatic heterocycles. The van der Waals surface area contributed by atoms with Crippen LogP contribution >= 0.6 is 11.6 Å². The van der Waals surface area contributed by atoms with Crippen molar-refractivity contribution in [2.24, 2.45) is 0 Å². The van der Waals surface area contributed by atoms with Gasteiger partial charge in [-0.2, -0.15) is 0 Å². The number of hydrogen-bond donors (Lipinski definition) is 0.